The molecule has 1 aromatic heterocycles. The molecule has 1 fully saturated rings. The Morgan fingerprint density at radius 3 is 2.41 bits per heavy atom. The normalized spacial score (nSPS) is 17.8. The van der Waals surface area contributed by atoms with Crippen LogP contribution in [0, 0.1) is 25.1 Å². The fraction of sp³-hybridized carbons (Fsp3) is 0.500. The number of fused-ring (bicyclic) bond motifs is 1. The summed E-state index contributed by atoms with van der Waals surface area (Å²) >= 11 is 5.96. The second kappa shape index (κ2) is 12.4. The van der Waals surface area contributed by atoms with Gasteiger partial charge in [-0.15, -0.1) is 0 Å². The van der Waals surface area contributed by atoms with Crippen LogP contribution in [0.2, 0.25) is 5.02 Å². The summed E-state index contributed by atoms with van der Waals surface area (Å²) in [5.41, 5.74) is 7.82. The van der Waals surface area contributed by atoms with Crippen molar-refractivity contribution in [1.82, 2.24) is 9.88 Å². The molecule has 236 valence electrons. The second-order valence-corrected chi connectivity index (χ2v) is 14.6. The number of anilines is 1. The number of aryl methyl sites for hydroxylation is 2. The first-order valence-corrected chi connectivity index (χ1v) is 15.9. The first-order chi connectivity index (χ1) is 20.6. The summed E-state index contributed by atoms with van der Waals surface area (Å²) in [6.07, 6.45) is 1.71. The van der Waals surface area contributed by atoms with E-state index in [0.29, 0.717) is 28.4 Å². The molecular weight excluding hydrogens is 577 g/mol. The average molecular weight is 622 g/mol. The maximum Gasteiger partial charge on any atom is 0.337 e. The molecule has 0 amide bonds. The van der Waals surface area contributed by atoms with Gasteiger partial charge in [0.25, 0.3) is 0 Å². The van der Waals surface area contributed by atoms with E-state index in [4.69, 9.17) is 21.3 Å². The van der Waals surface area contributed by atoms with Gasteiger partial charge < -0.3 is 14.7 Å². The lowest BCUT2D eigenvalue weighted by Gasteiger charge is -2.41. The van der Waals surface area contributed by atoms with Crippen LogP contribution in [-0.4, -0.2) is 46.2 Å². The highest BCUT2D eigenvalue weighted by Crippen LogP contribution is 2.45. The molecule has 1 unspecified atom stereocenters. The van der Waals surface area contributed by atoms with Crippen LogP contribution in [0.15, 0.2) is 36.4 Å². The van der Waals surface area contributed by atoms with Crippen LogP contribution in [0.4, 0.5) is 10.1 Å². The number of hydrogen-bond donors (Lipinski definition) is 1. The lowest BCUT2D eigenvalue weighted by atomic mass is 9.81. The van der Waals surface area contributed by atoms with E-state index in [1.165, 1.54) is 17.2 Å². The molecule has 0 spiro atoms. The Morgan fingerprint density at radius 1 is 1.07 bits per heavy atom. The summed E-state index contributed by atoms with van der Waals surface area (Å²) in [6.45, 7) is 17.9. The van der Waals surface area contributed by atoms with Crippen LogP contribution in [0.1, 0.15) is 87.2 Å². The molecule has 6 nitrogen and oxygen atoms in total. The van der Waals surface area contributed by atoms with Crippen molar-refractivity contribution in [3.05, 3.63) is 80.9 Å². The highest BCUT2D eigenvalue weighted by atomic mass is 35.5. The van der Waals surface area contributed by atoms with Crippen LogP contribution in [0.25, 0.3) is 11.1 Å². The number of carboxylic acids is 1. The van der Waals surface area contributed by atoms with E-state index >= 15 is 0 Å². The Hall–Kier alpha value is -3.00. The molecule has 8 heteroatoms. The van der Waals surface area contributed by atoms with Gasteiger partial charge in [0.1, 0.15) is 5.82 Å². The third kappa shape index (κ3) is 7.11. The number of pyridine rings is 1. The number of halogens is 2. The van der Waals surface area contributed by atoms with E-state index in [1.54, 1.807) is 12.1 Å². The van der Waals surface area contributed by atoms with E-state index < -0.39 is 17.7 Å². The highest BCUT2D eigenvalue weighted by Gasteiger charge is 2.36. The maximum atomic E-state index is 14.5. The first kappa shape index (κ1) is 32.4. The topological polar surface area (TPSA) is 65.9 Å². The summed E-state index contributed by atoms with van der Waals surface area (Å²) in [7, 11) is 0. The predicted molar refractivity (Wildman–Crippen MR) is 175 cm³/mol. The zero-order valence-corrected chi connectivity index (χ0v) is 27.8. The van der Waals surface area contributed by atoms with Gasteiger partial charge in [-0.2, -0.15) is 0 Å². The Kier molecular flexibility index (Phi) is 9.14. The Labute approximate surface area is 266 Å². The van der Waals surface area contributed by atoms with Gasteiger partial charge in [0.2, 0.25) is 0 Å². The van der Waals surface area contributed by atoms with Gasteiger partial charge in [-0.3, -0.25) is 9.88 Å². The molecule has 0 bridgehead atoms. The van der Waals surface area contributed by atoms with Gasteiger partial charge in [0, 0.05) is 65.8 Å². The number of nitrogens with zero attached hydrogens (tertiary/aromatic N) is 3. The Morgan fingerprint density at radius 2 is 1.77 bits per heavy atom. The second-order valence-electron chi connectivity index (χ2n) is 14.2. The van der Waals surface area contributed by atoms with Crippen LogP contribution < -0.4 is 4.90 Å². The summed E-state index contributed by atoms with van der Waals surface area (Å²) < 4.78 is 20.7. The van der Waals surface area contributed by atoms with Crippen LogP contribution in [0.3, 0.4) is 0 Å². The molecule has 2 aliphatic heterocycles. The fourth-order valence-corrected chi connectivity index (χ4v) is 6.71. The lowest BCUT2D eigenvalue weighted by Crippen LogP contribution is -2.39. The zero-order chi connectivity index (χ0) is 32.0. The number of aromatic nitrogens is 1. The van der Waals surface area contributed by atoms with Gasteiger partial charge >= 0.3 is 5.97 Å². The van der Waals surface area contributed by atoms with Crippen LogP contribution in [-0.2, 0) is 29.0 Å². The molecule has 1 N–H and O–H groups in total. The first-order valence-electron chi connectivity index (χ1n) is 15.6. The minimum Gasteiger partial charge on any atom is -0.479 e. The molecule has 1 atom stereocenters. The van der Waals surface area contributed by atoms with Gasteiger partial charge in [0.15, 0.2) is 6.10 Å². The number of rotatable bonds is 7. The van der Waals surface area contributed by atoms with Crippen molar-refractivity contribution < 1.29 is 19.0 Å². The van der Waals surface area contributed by atoms with Crippen molar-refractivity contribution in [1.29, 1.82) is 0 Å². The molecule has 1 saturated heterocycles. The van der Waals surface area contributed by atoms with Gasteiger partial charge in [-0.1, -0.05) is 49.7 Å². The predicted octanol–water partition coefficient (Wildman–Crippen LogP) is 8.28. The Balaban J connectivity index is 1.56. The number of ether oxygens (including phenoxy) is 1. The number of benzene rings is 2. The summed E-state index contributed by atoms with van der Waals surface area (Å²) in [5, 5.41) is 10.9. The highest BCUT2D eigenvalue weighted by molar-refractivity contribution is 6.30. The van der Waals surface area contributed by atoms with Crippen LogP contribution in [0.5, 0.6) is 0 Å². The zero-order valence-electron chi connectivity index (χ0n) is 27.1. The van der Waals surface area contributed by atoms with Crippen molar-refractivity contribution in [2.45, 2.75) is 92.5 Å². The number of piperidine rings is 1. The van der Waals surface area contributed by atoms with Crippen LogP contribution >= 0.6 is 11.6 Å². The van der Waals surface area contributed by atoms with E-state index in [9.17, 15) is 14.3 Å². The van der Waals surface area contributed by atoms with E-state index in [0.717, 1.165) is 67.9 Å². The van der Waals surface area contributed by atoms with Gasteiger partial charge in [-0.05, 0) is 88.1 Å². The van der Waals surface area contributed by atoms with E-state index in [-0.39, 0.29) is 11.2 Å². The minimum absolute atomic E-state index is 0.231. The monoisotopic (exact) mass is 621 g/mol. The standard InChI is InChI=1S/C36H45ClFN3O3/c1-22-30(25-8-9-26-20-40(15-12-24(26)18-25)21-27-10-11-28(37)19-29(27)38)32(41-16-13-36(6,7)14-17-41)31(23(2)39-22)33(34(42)43)44-35(3,4)5/h8-11,18-19,33H,12-17,20-21H2,1-7H3,(H,42,43). The summed E-state index contributed by atoms with van der Waals surface area (Å²) in [5.74, 6) is -1.29. The summed E-state index contributed by atoms with van der Waals surface area (Å²) in [6, 6.07) is 11.4. The minimum atomic E-state index is -1.15. The Bertz CT molecular complexity index is 1560. The molecule has 0 saturated carbocycles. The van der Waals surface area contributed by atoms with Crippen molar-refractivity contribution in [3.8, 4) is 11.1 Å². The number of carbonyl (C=O) groups is 1. The molecule has 0 aliphatic carbocycles. The molecule has 44 heavy (non-hydrogen) atoms. The third-order valence-electron chi connectivity index (χ3n) is 8.97. The van der Waals surface area contributed by atoms with Crippen molar-refractivity contribution >= 4 is 23.3 Å². The van der Waals surface area contributed by atoms with Crippen molar-refractivity contribution in [2.24, 2.45) is 5.41 Å². The SMILES string of the molecule is Cc1nc(C)c(C(OC(C)(C)C)C(=O)O)c(N2CCC(C)(C)CC2)c1-c1ccc2c(c1)CCN(Cc1ccc(Cl)cc1F)C2. The average Bonchev–Trinajstić information content (AvgIpc) is 2.92. The van der Waals surface area contributed by atoms with Crippen molar-refractivity contribution in [2.75, 3.05) is 24.5 Å². The molecular formula is C36H45ClFN3O3. The quantitative estimate of drug-likeness (QED) is 0.286. The number of aliphatic carboxylic acids is 1. The molecule has 3 heterocycles. The number of carboxylic acid groups (broad SMARTS) is 1. The van der Waals surface area contributed by atoms with Crippen molar-refractivity contribution in [3.63, 3.8) is 0 Å². The smallest absolute Gasteiger partial charge is 0.337 e. The molecule has 2 aromatic carbocycles. The van der Waals surface area contributed by atoms with Gasteiger partial charge in [0.05, 0.1) is 11.3 Å². The lowest BCUT2D eigenvalue weighted by molar-refractivity contribution is -0.160. The third-order valence-corrected chi connectivity index (χ3v) is 9.20. The molecule has 3 aromatic rings. The number of hydrogen-bond acceptors (Lipinski definition) is 5. The molecule has 0 radical (unpaired) electrons. The molecule has 2 aliphatic rings. The van der Waals surface area contributed by atoms with Gasteiger partial charge in [-0.25, -0.2) is 9.18 Å². The van der Waals surface area contributed by atoms with E-state index in [2.05, 4.69) is 41.8 Å². The van der Waals surface area contributed by atoms with E-state index in [1.807, 2.05) is 34.6 Å². The fourth-order valence-electron chi connectivity index (χ4n) is 6.55. The largest absolute Gasteiger partial charge is 0.479 e. The maximum absolute atomic E-state index is 14.5. The summed E-state index contributed by atoms with van der Waals surface area (Å²) in [4.78, 5) is 22.3. The molecule has 5 rings (SSSR count).